The molecule has 1 fully saturated rings. The van der Waals surface area contributed by atoms with E-state index in [9.17, 15) is 14.7 Å². The van der Waals surface area contributed by atoms with Crippen LogP contribution in [0.25, 0.3) is 6.08 Å². The van der Waals surface area contributed by atoms with Crippen molar-refractivity contribution in [3.63, 3.8) is 0 Å². The Morgan fingerprint density at radius 3 is 2.61 bits per heavy atom. The van der Waals surface area contributed by atoms with Crippen molar-refractivity contribution in [2.75, 3.05) is 7.11 Å². The van der Waals surface area contributed by atoms with Gasteiger partial charge in [0.1, 0.15) is 11.5 Å². The van der Waals surface area contributed by atoms with Gasteiger partial charge in [0, 0.05) is 17.7 Å². The van der Waals surface area contributed by atoms with Crippen molar-refractivity contribution in [3.05, 3.63) is 40.8 Å². The lowest BCUT2D eigenvalue weighted by Gasteiger charge is -2.16. The summed E-state index contributed by atoms with van der Waals surface area (Å²) in [6.45, 7) is 7.25. The largest absolute Gasteiger partial charge is 0.508 e. The van der Waals surface area contributed by atoms with Gasteiger partial charge in [-0.3, -0.25) is 14.5 Å². The minimum absolute atomic E-state index is 0.106. The number of nitrogens with zero attached hydrogens (tertiary/aromatic N) is 1. The van der Waals surface area contributed by atoms with Crippen LogP contribution in [0.3, 0.4) is 0 Å². The summed E-state index contributed by atoms with van der Waals surface area (Å²) < 4.78 is 5.26. The van der Waals surface area contributed by atoms with Crippen LogP contribution in [0.4, 0.5) is 4.79 Å². The molecular weight excluding hydrogens is 314 g/mol. The van der Waals surface area contributed by atoms with Crippen molar-refractivity contribution in [1.82, 2.24) is 4.90 Å². The molecule has 0 saturated carbocycles. The Bertz CT molecular complexity index is 694. The molecule has 6 heteroatoms. The molecule has 1 heterocycles. The molecule has 0 atom stereocenters. The Morgan fingerprint density at radius 1 is 1.39 bits per heavy atom. The second-order valence-electron chi connectivity index (χ2n) is 5.36. The summed E-state index contributed by atoms with van der Waals surface area (Å²) in [5.41, 5.74) is 1.31. The first-order chi connectivity index (χ1) is 10.9. The third-order valence-corrected chi connectivity index (χ3v) is 4.31. The van der Waals surface area contributed by atoms with Gasteiger partial charge in [0.05, 0.1) is 12.0 Å². The van der Waals surface area contributed by atoms with Gasteiger partial charge in [-0.15, -0.1) is 6.58 Å². The quantitative estimate of drug-likeness (QED) is 0.659. The van der Waals surface area contributed by atoms with Crippen LogP contribution in [0, 0.1) is 0 Å². The highest BCUT2D eigenvalue weighted by Crippen LogP contribution is 2.36. The number of hydrogen-bond acceptors (Lipinski definition) is 5. The molecule has 0 aliphatic carbocycles. The molecule has 1 aliphatic rings. The number of imide groups is 1. The Balaban J connectivity index is 2.46. The van der Waals surface area contributed by atoms with Crippen molar-refractivity contribution in [2.45, 2.75) is 26.3 Å². The Labute approximate surface area is 139 Å². The second-order valence-corrected chi connectivity index (χ2v) is 6.35. The first kappa shape index (κ1) is 17.1. The molecule has 0 radical (unpaired) electrons. The third-order valence-electron chi connectivity index (χ3n) is 3.42. The minimum Gasteiger partial charge on any atom is -0.508 e. The van der Waals surface area contributed by atoms with E-state index in [0.29, 0.717) is 28.2 Å². The lowest BCUT2D eigenvalue weighted by Crippen LogP contribution is -2.34. The molecule has 23 heavy (non-hydrogen) atoms. The average molecular weight is 333 g/mol. The minimum atomic E-state index is -0.310. The van der Waals surface area contributed by atoms with Crippen LogP contribution >= 0.6 is 11.8 Å². The maximum atomic E-state index is 12.3. The van der Waals surface area contributed by atoms with Crippen LogP contribution in [0.1, 0.15) is 25.0 Å². The van der Waals surface area contributed by atoms with Gasteiger partial charge >= 0.3 is 0 Å². The van der Waals surface area contributed by atoms with E-state index in [1.54, 1.807) is 32.1 Å². The van der Waals surface area contributed by atoms with Crippen LogP contribution in [0.5, 0.6) is 11.5 Å². The van der Waals surface area contributed by atoms with Gasteiger partial charge in [-0.05, 0) is 49.7 Å². The standard InChI is InChI=1S/C17H19NO4S/c1-5-6-11-7-12(14(22-4)9-13(11)19)8-15-16(20)18(10(2)3)17(21)23-15/h5,7-10,19H,1,6H2,2-4H3/b15-8-. The van der Waals surface area contributed by atoms with Gasteiger partial charge in [0.15, 0.2) is 0 Å². The molecule has 5 nitrogen and oxygen atoms in total. The van der Waals surface area contributed by atoms with Crippen molar-refractivity contribution in [3.8, 4) is 11.5 Å². The molecule has 1 aromatic carbocycles. The van der Waals surface area contributed by atoms with Crippen LogP contribution in [0.2, 0.25) is 0 Å². The van der Waals surface area contributed by atoms with Crippen LogP contribution in [-0.2, 0) is 11.2 Å². The van der Waals surface area contributed by atoms with E-state index >= 15 is 0 Å². The number of carbonyl (C=O) groups excluding carboxylic acids is 2. The molecule has 2 amide bonds. The summed E-state index contributed by atoms with van der Waals surface area (Å²) in [5.74, 6) is 0.233. The number of carbonyl (C=O) groups is 2. The van der Waals surface area contributed by atoms with Crippen molar-refractivity contribution < 1.29 is 19.4 Å². The van der Waals surface area contributed by atoms with E-state index in [1.165, 1.54) is 18.1 Å². The number of amides is 2. The Hall–Kier alpha value is -2.21. The molecule has 0 spiro atoms. The topological polar surface area (TPSA) is 66.8 Å². The lowest BCUT2D eigenvalue weighted by atomic mass is 10.0. The summed E-state index contributed by atoms with van der Waals surface area (Å²) in [5, 5.41) is 9.69. The first-order valence-corrected chi connectivity index (χ1v) is 7.98. The second kappa shape index (κ2) is 6.91. The van der Waals surface area contributed by atoms with Gasteiger partial charge in [-0.2, -0.15) is 0 Å². The molecule has 0 bridgehead atoms. The van der Waals surface area contributed by atoms with Gasteiger partial charge in [-0.1, -0.05) is 6.08 Å². The Kier molecular flexibility index (Phi) is 5.15. The fraction of sp³-hybridized carbons (Fsp3) is 0.294. The van der Waals surface area contributed by atoms with Gasteiger partial charge in [0.2, 0.25) is 0 Å². The Morgan fingerprint density at radius 2 is 2.09 bits per heavy atom. The smallest absolute Gasteiger partial charge is 0.293 e. The summed E-state index contributed by atoms with van der Waals surface area (Å²) in [4.78, 5) is 25.9. The predicted molar refractivity (Wildman–Crippen MR) is 91.5 cm³/mol. The molecule has 1 aromatic rings. The lowest BCUT2D eigenvalue weighted by molar-refractivity contribution is -0.123. The van der Waals surface area contributed by atoms with E-state index in [-0.39, 0.29) is 22.9 Å². The number of thioether (sulfide) groups is 1. The van der Waals surface area contributed by atoms with E-state index in [1.807, 2.05) is 0 Å². The molecule has 122 valence electrons. The van der Waals surface area contributed by atoms with E-state index in [4.69, 9.17) is 4.74 Å². The molecule has 1 aliphatic heterocycles. The van der Waals surface area contributed by atoms with Gasteiger partial charge in [-0.25, -0.2) is 0 Å². The zero-order chi connectivity index (χ0) is 17.1. The fourth-order valence-corrected chi connectivity index (χ4v) is 3.26. The summed E-state index contributed by atoms with van der Waals surface area (Å²) >= 11 is 0.908. The number of phenolic OH excluding ortho intramolecular Hbond substituents is 1. The third kappa shape index (κ3) is 3.42. The van der Waals surface area contributed by atoms with Crippen LogP contribution in [0.15, 0.2) is 29.7 Å². The number of phenols is 1. The molecule has 0 aromatic heterocycles. The van der Waals surface area contributed by atoms with Crippen molar-refractivity contribution in [2.24, 2.45) is 0 Å². The fourth-order valence-electron chi connectivity index (χ4n) is 2.31. The zero-order valence-corrected chi connectivity index (χ0v) is 14.1. The van der Waals surface area contributed by atoms with E-state index in [2.05, 4.69) is 6.58 Å². The normalized spacial score (nSPS) is 16.5. The van der Waals surface area contributed by atoms with E-state index < -0.39 is 0 Å². The van der Waals surface area contributed by atoms with Crippen LogP contribution in [-0.4, -0.2) is 34.3 Å². The number of hydrogen-bond donors (Lipinski definition) is 1. The summed E-state index contributed by atoms with van der Waals surface area (Å²) in [7, 11) is 1.49. The maximum Gasteiger partial charge on any atom is 0.293 e. The van der Waals surface area contributed by atoms with Crippen molar-refractivity contribution >= 4 is 29.0 Å². The molecule has 2 rings (SSSR count). The highest BCUT2D eigenvalue weighted by Gasteiger charge is 2.36. The summed E-state index contributed by atoms with van der Waals surface area (Å²) in [6.07, 6.45) is 3.79. The highest BCUT2D eigenvalue weighted by atomic mass is 32.2. The monoisotopic (exact) mass is 333 g/mol. The molecule has 1 N–H and O–H groups in total. The highest BCUT2D eigenvalue weighted by molar-refractivity contribution is 8.18. The maximum absolute atomic E-state index is 12.3. The van der Waals surface area contributed by atoms with Crippen molar-refractivity contribution in [1.29, 1.82) is 0 Å². The number of rotatable bonds is 5. The number of aromatic hydroxyl groups is 1. The van der Waals surface area contributed by atoms with Gasteiger partial charge < -0.3 is 9.84 Å². The number of benzene rings is 1. The zero-order valence-electron chi connectivity index (χ0n) is 13.3. The number of allylic oxidation sites excluding steroid dienone is 1. The predicted octanol–water partition coefficient (Wildman–Crippen LogP) is 3.57. The summed E-state index contributed by atoms with van der Waals surface area (Å²) in [6, 6.07) is 3.04. The molecule has 1 saturated heterocycles. The number of ether oxygens (including phenoxy) is 1. The van der Waals surface area contributed by atoms with Crippen LogP contribution < -0.4 is 4.74 Å². The number of methoxy groups -OCH3 is 1. The van der Waals surface area contributed by atoms with Gasteiger partial charge in [0.25, 0.3) is 11.1 Å². The van der Waals surface area contributed by atoms with E-state index in [0.717, 1.165) is 11.8 Å². The first-order valence-electron chi connectivity index (χ1n) is 7.16. The molecular formula is C17H19NO4S. The molecule has 0 unspecified atom stereocenters. The SMILES string of the molecule is C=CCc1cc(/C=C2\SC(=O)N(C(C)C)C2=O)c(OC)cc1O. The average Bonchev–Trinajstić information content (AvgIpc) is 2.76.